The molecule has 20 heavy (non-hydrogen) atoms. The number of methoxy groups -OCH3 is 1. The number of aromatic nitrogens is 1. The second kappa shape index (κ2) is 6.68. The lowest BCUT2D eigenvalue weighted by atomic mass is 10.1. The van der Waals surface area contributed by atoms with Crippen LogP contribution in [0.25, 0.3) is 12.2 Å². The van der Waals surface area contributed by atoms with Gasteiger partial charge in [-0.2, -0.15) is 0 Å². The van der Waals surface area contributed by atoms with Gasteiger partial charge in [-0.3, -0.25) is 0 Å². The molecular weight excluding hydrogens is 342 g/mol. The summed E-state index contributed by atoms with van der Waals surface area (Å²) in [7, 11) is 1.34. The molecule has 0 spiro atoms. The van der Waals surface area contributed by atoms with Gasteiger partial charge in [0.1, 0.15) is 10.6 Å². The normalized spacial score (nSPS) is 10.8. The lowest BCUT2D eigenvalue weighted by Crippen LogP contribution is -2.15. The van der Waals surface area contributed by atoms with Crippen LogP contribution in [0.4, 0.5) is 0 Å². The maximum Gasteiger partial charge on any atom is 0.344 e. The van der Waals surface area contributed by atoms with E-state index < -0.39 is 5.97 Å². The zero-order valence-corrected chi connectivity index (χ0v) is 13.0. The minimum Gasteiger partial charge on any atom is -0.465 e. The van der Waals surface area contributed by atoms with Crippen molar-refractivity contribution in [3.8, 4) is 0 Å². The lowest BCUT2D eigenvalue weighted by Gasteiger charge is -1.99. The van der Waals surface area contributed by atoms with Crippen molar-refractivity contribution >= 4 is 45.7 Å². The summed E-state index contributed by atoms with van der Waals surface area (Å²) in [5, 5.41) is 0.450. The van der Waals surface area contributed by atoms with Crippen molar-refractivity contribution in [2.24, 2.45) is 0 Å². The quantitative estimate of drug-likeness (QED) is 0.786. The number of esters is 1. The highest BCUT2D eigenvalue weighted by atomic mass is 79.9. The molecule has 1 N–H and O–H groups in total. The summed E-state index contributed by atoms with van der Waals surface area (Å²) in [6.07, 6.45) is 5.33. The van der Waals surface area contributed by atoms with Crippen molar-refractivity contribution in [2.45, 2.75) is 0 Å². The minimum absolute atomic E-state index is 0.397. The number of aromatic amines is 1. The van der Waals surface area contributed by atoms with E-state index in [2.05, 4.69) is 20.9 Å². The second-order valence-corrected chi connectivity index (χ2v) is 5.37. The molecule has 0 aliphatic rings. The van der Waals surface area contributed by atoms with Crippen LogP contribution in [-0.4, -0.2) is 13.1 Å². The van der Waals surface area contributed by atoms with Gasteiger partial charge < -0.3 is 4.74 Å². The third kappa shape index (κ3) is 3.68. The molecule has 0 unspecified atom stereocenters. The Morgan fingerprint density at radius 3 is 2.65 bits per heavy atom. The first-order chi connectivity index (χ1) is 9.60. The Kier molecular flexibility index (Phi) is 4.93. The number of nitrogens with one attached hydrogen (secondary N) is 1. The van der Waals surface area contributed by atoms with E-state index in [-0.39, 0.29) is 0 Å². The monoisotopic (exact) mass is 352 g/mol. The summed E-state index contributed by atoms with van der Waals surface area (Å²) in [5.74, 6) is -0.431. The largest absolute Gasteiger partial charge is 0.465 e. The Labute approximate surface area is 130 Å². The van der Waals surface area contributed by atoms with Crippen molar-refractivity contribution in [1.82, 2.24) is 0 Å². The number of halogens is 2. The maximum atomic E-state index is 11.7. The maximum absolute atomic E-state index is 11.7. The number of pyridine rings is 1. The van der Waals surface area contributed by atoms with Crippen LogP contribution < -0.4 is 4.98 Å². The molecule has 102 valence electrons. The fraction of sp³-hybridized carbons (Fsp3) is 0.0667. The van der Waals surface area contributed by atoms with Crippen molar-refractivity contribution < 1.29 is 14.5 Å². The molecule has 0 fully saturated rings. The van der Waals surface area contributed by atoms with Crippen molar-refractivity contribution in [1.29, 1.82) is 0 Å². The van der Waals surface area contributed by atoms with Gasteiger partial charge in [-0.05, 0) is 29.8 Å². The van der Waals surface area contributed by atoms with Gasteiger partial charge in [-0.1, -0.05) is 39.7 Å². The molecule has 0 atom stereocenters. The van der Waals surface area contributed by atoms with E-state index in [1.54, 1.807) is 12.3 Å². The molecule has 0 amide bonds. The first-order valence-corrected chi connectivity index (χ1v) is 7.00. The van der Waals surface area contributed by atoms with E-state index in [0.717, 1.165) is 10.0 Å². The molecule has 0 saturated heterocycles. The Hall–Kier alpha value is -1.65. The standard InChI is InChI=1S/C15H11BrClNO2/c1-20-15(19)13-8-12(17)9-18-14(13)7-4-10-2-5-11(16)6-3-10/h2-9H,1H3/p+1/b7-4+. The van der Waals surface area contributed by atoms with Gasteiger partial charge >= 0.3 is 5.97 Å². The predicted octanol–water partition coefficient (Wildman–Crippen LogP) is 3.87. The van der Waals surface area contributed by atoms with E-state index >= 15 is 0 Å². The van der Waals surface area contributed by atoms with Crippen LogP contribution in [0.1, 0.15) is 21.6 Å². The molecule has 0 aliphatic carbocycles. The smallest absolute Gasteiger partial charge is 0.344 e. The molecule has 2 rings (SSSR count). The number of carbonyl (C=O) groups is 1. The Morgan fingerprint density at radius 2 is 2.00 bits per heavy atom. The summed E-state index contributed by atoms with van der Waals surface area (Å²) in [5.41, 5.74) is 2.06. The molecule has 2 aromatic rings. The number of hydrogen-bond donors (Lipinski definition) is 0. The van der Waals surface area contributed by atoms with Crippen LogP contribution in [0.3, 0.4) is 0 Å². The van der Waals surface area contributed by atoms with Gasteiger partial charge in [0, 0.05) is 10.5 Å². The topological polar surface area (TPSA) is 40.4 Å². The number of H-pyrrole nitrogens is 1. The van der Waals surface area contributed by atoms with E-state index in [9.17, 15) is 4.79 Å². The Morgan fingerprint density at radius 1 is 1.30 bits per heavy atom. The van der Waals surface area contributed by atoms with Gasteiger partial charge in [-0.25, -0.2) is 9.78 Å². The number of benzene rings is 1. The Bertz CT molecular complexity index is 653. The molecule has 1 aromatic carbocycles. The summed E-state index contributed by atoms with van der Waals surface area (Å²) in [6, 6.07) is 9.41. The molecule has 0 saturated carbocycles. The summed E-state index contributed by atoms with van der Waals surface area (Å²) >= 11 is 9.27. The summed E-state index contributed by atoms with van der Waals surface area (Å²) in [4.78, 5) is 14.7. The molecular formula is C15H12BrClNO2+. The summed E-state index contributed by atoms with van der Waals surface area (Å²) < 4.78 is 5.76. The molecule has 0 aliphatic heterocycles. The van der Waals surface area contributed by atoms with Gasteiger partial charge in [0.05, 0.1) is 7.11 Å². The molecule has 5 heteroatoms. The highest BCUT2D eigenvalue weighted by Gasteiger charge is 2.16. The molecule has 0 bridgehead atoms. The zero-order chi connectivity index (χ0) is 14.5. The highest BCUT2D eigenvalue weighted by molar-refractivity contribution is 9.10. The third-order valence-electron chi connectivity index (χ3n) is 2.66. The van der Waals surface area contributed by atoms with Crippen LogP contribution in [0, 0.1) is 0 Å². The molecule has 1 heterocycles. The first-order valence-electron chi connectivity index (χ1n) is 5.83. The van der Waals surface area contributed by atoms with Gasteiger partial charge in [-0.15, -0.1) is 0 Å². The lowest BCUT2D eigenvalue weighted by molar-refractivity contribution is -0.381. The first kappa shape index (κ1) is 14.8. The molecule has 1 aromatic heterocycles. The van der Waals surface area contributed by atoms with E-state index in [4.69, 9.17) is 16.3 Å². The van der Waals surface area contributed by atoms with Crippen molar-refractivity contribution in [3.05, 3.63) is 62.8 Å². The van der Waals surface area contributed by atoms with Gasteiger partial charge in [0.25, 0.3) is 0 Å². The van der Waals surface area contributed by atoms with Crippen LogP contribution in [0.15, 0.2) is 41.0 Å². The number of rotatable bonds is 3. The van der Waals surface area contributed by atoms with Crippen LogP contribution >= 0.6 is 27.5 Å². The molecule has 3 nitrogen and oxygen atoms in total. The van der Waals surface area contributed by atoms with Crippen LogP contribution in [0.2, 0.25) is 5.02 Å². The number of carbonyl (C=O) groups excluding carboxylic acids is 1. The number of ether oxygens (including phenoxy) is 1. The van der Waals surface area contributed by atoms with Crippen molar-refractivity contribution in [2.75, 3.05) is 7.11 Å². The highest BCUT2D eigenvalue weighted by Crippen LogP contribution is 2.16. The number of hydrogen-bond acceptors (Lipinski definition) is 2. The van der Waals surface area contributed by atoms with Crippen molar-refractivity contribution in [3.63, 3.8) is 0 Å². The fourth-order valence-corrected chi connectivity index (χ4v) is 2.08. The van der Waals surface area contributed by atoms with E-state index in [0.29, 0.717) is 16.3 Å². The average molecular weight is 354 g/mol. The van der Waals surface area contributed by atoms with Crippen LogP contribution in [-0.2, 0) is 4.74 Å². The predicted molar refractivity (Wildman–Crippen MR) is 82.4 cm³/mol. The zero-order valence-electron chi connectivity index (χ0n) is 10.7. The van der Waals surface area contributed by atoms with E-state index in [1.807, 2.05) is 36.4 Å². The van der Waals surface area contributed by atoms with Gasteiger partial charge in [0.2, 0.25) is 5.69 Å². The Balaban J connectivity index is 2.33. The minimum atomic E-state index is -0.431. The molecule has 0 radical (unpaired) electrons. The average Bonchev–Trinajstić information content (AvgIpc) is 2.46. The SMILES string of the molecule is COC(=O)c1cc(Cl)c[nH+]c1/C=C/c1ccc(Br)cc1. The van der Waals surface area contributed by atoms with Crippen LogP contribution in [0.5, 0.6) is 0 Å². The second-order valence-electron chi connectivity index (χ2n) is 4.02. The third-order valence-corrected chi connectivity index (χ3v) is 3.40. The summed E-state index contributed by atoms with van der Waals surface area (Å²) in [6.45, 7) is 0. The fourth-order valence-electron chi connectivity index (χ4n) is 1.65. The van der Waals surface area contributed by atoms with Gasteiger partial charge in [0.15, 0.2) is 6.20 Å². The van der Waals surface area contributed by atoms with E-state index in [1.165, 1.54) is 7.11 Å².